The molecule has 1 aromatic carbocycles. The molecule has 0 aromatic heterocycles. The summed E-state index contributed by atoms with van der Waals surface area (Å²) in [5.41, 5.74) is 3.08. The molecule has 1 amide bonds. The van der Waals surface area contributed by atoms with Crippen LogP contribution in [-0.4, -0.2) is 36.3 Å². The molecule has 140 valence electrons. The number of halogens is 1. The maximum Gasteiger partial charge on any atom is 0.238 e. The molecule has 3 aliphatic rings. The Morgan fingerprint density at radius 1 is 1.48 bits per heavy atom. The van der Waals surface area contributed by atoms with Crippen LogP contribution in [0, 0.1) is 23.1 Å². The van der Waals surface area contributed by atoms with Gasteiger partial charge in [-0.3, -0.25) is 9.79 Å². The number of nitrogens with one attached hydrogen (secondary N) is 2. The maximum absolute atomic E-state index is 14.6. The van der Waals surface area contributed by atoms with E-state index in [4.69, 9.17) is 0 Å². The predicted octanol–water partition coefficient (Wildman–Crippen LogP) is 2.37. The van der Waals surface area contributed by atoms with Crippen LogP contribution < -0.4 is 10.6 Å². The highest BCUT2D eigenvalue weighted by Gasteiger charge is 2.43. The third-order valence-corrected chi connectivity index (χ3v) is 5.92. The van der Waals surface area contributed by atoms with Gasteiger partial charge in [-0.05, 0) is 49.3 Å². The van der Waals surface area contributed by atoms with Crippen molar-refractivity contribution in [2.24, 2.45) is 10.9 Å². The van der Waals surface area contributed by atoms with Gasteiger partial charge in [0.05, 0.1) is 18.7 Å². The first-order valence-corrected chi connectivity index (χ1v) is 9.51. The van der Waals surface area contributed by atoms with Crippen molar-refractivity contribution in [2.45, 2.75) is 50.7 Å². The minimum Gasteiger partial charge on any atom is -0.339 e. The number of hydrogen-bond donors (Lipinski definition) is 2. The number of allylic oxidation sites excluding steroid dienone is 1. The smallest absolute Gasteiger partial charge is 0.238 e. The fraction of sp³-hybridized carbons (Fsp3) is 0.476. The van der Waals surface area contributed by atoms with Crippen molar-refractivity contribution < 1.29 is 9.18 Å². The number of carbonyl (C=O) groups is 1. The summed E-state index contributed by atoms with van der Waals surface area (Å²) in [6.45, 7) is 2.54. The largest absolute Gasteiger partial charge is 0.339 e. The van der Waals surface area contributed by atoms with E-state index >= 15 is 0 Å². The summed E-state index contributed by atoms with van der Waals surface area (Å²) in [7, 11) is 0. The Labute approximate surface area is 158 Å². The van der Waals surface area contributed by atoms with Crippen molar-refractivity contribution >= 4 is 17.2 Å². The molecule has 0 spiro atoms. The molecular weight excluding hydrogens is 343 g/mol. The summed E-state index contributed by atoms with van der Waals surface area (Å²) < 4.78 is 14.6. The number of amides is 1. The fourth-order valence-corrected chi connectivity index (χ4v) is 4.47. The van der Waals surface area contributed by atoms with Gasteiger partial charge in [-0.1, -0.05) is 18.2 Å². The summed E-state index contributed by atoms with van der Waals surface area (Å²) in [5, 5.41) is 15.5. The highest BCUT2D eigenvalue weighted by molar-refractivity contribution is 6.24. The number of nitriles is 1. The summed E-state index contributed by atoms with van der Waals surface area (Å²) in [6.07, 6.45) is 5.34. The number of carbonyl (C=O) groups excluding carboxylic acids is 1. The van der Waals surface area contributed by atoms with Gasteiger partial charge >= 0.3 is 0 Å². The van der Waals surface area contributed by atoms with Crippen LogP contribution in [0.5, 0.6) is 0 Å². The van der Waals surface area contributed by atoms with Crippen molar-refractivity contribution in [3.05, 3.63) is 41.2 Å². The van der Waals surface area contributed by atoms with E-state index in [1.807, 2.05) is 19.1 Å². The third kappa shape index (κ3) is 3.52. The molecule has 2 aliphatic heterocycles. The lowest BCUT2D eigenvalue weighted by molar-refractivity contribution is -0.124. The summed E-state index contributed by atoms with van der Waals surface area (Å²) >= 11 is 0. The van der Waals surface area contributed by atoms with E-state index in [0.29, 0.717) is 24.1 Å². The molecule has 4 rings (SSSR count). The molecule has 2 heterocycles. The van der Waals surface area contributed by atoms with Crippen molar-refractivity contribution in [1.29, 1.82) is 5.26 Å². The molecule has 0 radical (unpaired) electrons. The topological polar surface area (TPSA) is 77.3 Å². The maximum atomic E-state index is 14.6. The van der Waals surface area contributed by atoms with Crippen molar-refractivity contribution in [2.75, 3.05) is 6.54 Å². The zero-order chi connectivity index (χ0) is 19.0. The van der Waals surface area contributed by atoms with Crippen LogP contribution in [0.2, 0.25) is 0 Å². The molecular formula is C21H23FN4O. The number of piperidine rings is 1. The molecule has 2 N–H and O–H groups in total. The second kappa shape index (κ2) is 7.24. The normalized spacial score (nSPS) is 27.1. The minimum atomic E-state index is -0.743. The Balaban J connectivity index is 1.42. The first-order valence-electron chi connectivity index (χ1n) is 9.51. The fourth-order valence-electron chi connectivity index (χ4n) is 4.47. The van der Waals surface area contributed by atoms with Gasteiger partial charge in [0.2, 0.25) is 5.91 Å². The van der Waals surface area contributed by atoms with Crippen molar-refractivity contribution in [3.8, 4) is 6.07 Å². The van der Waals surface area contributed by atoms with Gasteiger partial charge in [-0.15, -0.1) is 0 Å². The third-order valence-electron chi connectivity index (χ3n) is 5.92. The Bertz CT molecular complexity index is 869. The lowest BCUT2D eigenvalue weighted by Gasteiger charge is -2.23. The van der Waals surface area contributed by atoms with Crippen LogP contribution in [0.25, 0.3) is 5.57 Å². The molecule has 6 heteroatoms. The van der Waals surface area contributed by atoms with Crippen molar-refractivity contribution in [1.82, 2.24) is 10.6 Å². The molecule has 2 fully saturated rings. The number of rotatable bonds is 5. The molecule has 2 bridgehead atoms. The second-order valence-electron chi connectivity index (χ2n) is 7.66. The Morgan fingerprint density at radius 3 is 2.93 bits per heavy atom. The van der Waals surface area contributed by atoms with E-state index in [9.17, 15) is 14.4 Å². The lowest BCUT2D eigenvalue weighted by Crippen LogP contribution is -2.50. The average molecular weight is 366 g/mol. The summed E-state index contributed by atoms with van der Waals surface area (Å²) in [6, 6.07) is 6.59. The molecule has 1 aliphatic carbocycles. The zero-order valence-electron chi connectivity index (χ0n) is 15.3. The average Bonchev–Trinajstić information content (AvgIpc) is 3.39. The molecule has 4 atom stereocenters. The number of hydrogen-bond acceptors (Lipinski definition) is 4. The van der Waals surface area contributed by atoms with E-state index < -0.39 is 6.04 Å². The number of benzene rings is 1. The molecule has 5 nitrogen and oxygen atoms in total. The Morgan fingerprint density at radius 2 is 2.33 bits per heavy atom. The highest BCUT2D eigenvalue weighted by Crippen LogP contribution is 2.35. The van der Waals surface area contributed by atoms with Gasteiger partial charge in [-0.2, -0.15) is 5.26 Å². The first-order chi connectivity index (χ1) is 13.0. The molecule has 1 aromatic rings. The van der Waals surface area contributed by atoms with Crippen LogP contribution in [0.1, 0.15) is 37.3 Å². The summed E-state index contributed by atoms with van der Waals surface area (Å²) in [5.74, 6) is -0.149. The van der Waals surface area contributed by atoms with Gasteiger partial charge < -0.3 is 10.6 Å². The van der Waals surface area contributed by atoms with Crippen LogP contribution in [0.15, 0.2) is 29.3 Å². The monoisotopic (exact) mass is 366 g/mol. The number of fused-ring (bicyclic) bond motifs is 2. The van der Waals surface area contributed by atoms with Gasteiger partial charge in [0, 0.05) is 23.7 Å². The second-order valence-corrected chi connectivity index (χ2v) is 7.66. The van der Waals surface area contributed by atoms with Crippen LogP contribution >= 0.6 is 0 Å². The van der Waals surface area contributed by atoms with E-state index in [-0.39, 0.29) is 24.2 Å². The van der Waals surface area contributed by atoms with Gasteiger partial charge in [0.25, 0.3) is 0 Å². The summed E-state index contributed by atoms with van der Waals surface area (Å²) in [4.78, 5) is 16.8. The van der Waals surface area contributed by atoms with Crippen molar-refractivity contribution in [3.63, 3.8) is 0 Å². The molecule has 1 unspecified atom stereocenters. The standard InChI is InChI=1S/C21H23FN4O/c1-12-18(6-7-24-12)13-2-3-14(19(22)10-13)8-17(11-23)26-21(27)20-15-4-5-16(9-15)25-20/h2-3,6,10,15-17,20,25H,4-5,7-9H2,1H3,(H,26,27)/t15-,16+,17?,20-/m0/s1. The highest BCUT2D eigenvalue weighted by atomic mass is 19.1. The molecule has 1 saturated heterocycles. The van der Waals surface area contributed by atoms with Gasteiger partial charge in [0.15, 0.2) is 0 Å². The quantitative estimate of drug-likeness (QED) is 0.840. The van der Waals surface area contributed by atoms with E-state index in [2.05, 4.69) is 21.7 Å². The van der Waals surface area contributed by atoms with Gasteiger partial charge in [-0.25, -0.2) is 4.39 Å². The Hall–Kier alpha value is -2.52. The van der Waals surface area contributed by atoms with E-state index in [1.54, 1.807) is 6.07 Å². The van der Waals surface area contributed by atoms with E-state index in [0.717, 1.165) is 36.1 Å². The predicted molar refractivity (Wildman–Crippen MR) is 102 cm³/mol. The van der Waals surface area contributed by atoms with Gasteiger partial charge in [0.1, 0.15) is 11.9 Å². The van der Waals surface area contributed by atoms with E-state index in [1.165, 1.54) is 6.07 Å². The molecule has 1 saturated carbocycles. The zero-order valence-corrected chi connectivity index (χ0v) is 15.3. The van der Waals surface area contributed by atoms with Crippen LogP contribution in [-0.2, 0) is 11.2 Å². The Kier molecular flexibility index (Phi) is 4.79. The van der Waals surface area contributed by atoms with Crippen LogP contribution in [0.3, 0.4) is 0 Å². The SMILES string of the molecule is CC1=NCC=C1c1ccc(CC(C#N)NC(=O)[C@H]2N[C@@H]3CC[C@H]2C3)c(F)c1. The molecule has 27 heavy (non-hydrogen) atoms. The lowest BCUT2D eigenvalue weighted by atomic mass is 9.97. The van der Waals surface area contributed by atoms with Crippen LogP contribution in [0.4, 0.5) is 4.39 Å². The number of aliphatic imine (C=N–C) groups is 1. The first kappa shape index (κ1) is 17.9. The minimum absolute atomic E-state index is 0.145. The number of nitrogens with zero attached hydrogens (tertiary/aromatic N) is 2.